The minimum atomic E-state index is 0.253. The molecule has 1 aromatic heterocycles. The Hall–Kier alpha value is -1.05. The van der Waals surface area contributed by atoms with Gasteiger partial charge in [0.25, 0.3) is 0 Å². The van der Waals surface area contributed by atoms with E-state index < -0.39 is 0 Å². The second-order valence-corrected chi connectivity index (χ2v) is 6.43. The summed E-state index contributed by atoms with van der Waals surface area (Å²) in [5.74, 6) is 1.00. The maximum absolute atomic E-state index is 5.61. The quantitative estimate of drug-likeness (QED) is 0.868. The Morgan fingerprint density at radius 3 is 2.91 bits per heavy atom. The molecule has 2 aliphatic heterocycles. The number of ether oxygens (including phenoxy) is 1. The molecule has 7 nitrogen and oxygen atoms in total. The van der Waals surface area contributed by atoms with E-state index in [2.05, 4.69) is 32.7 Å². The average molecular weight is 308 g/mol. The lowest BCUT2D eigenvalue weighted by atomic mass is 9.85. The van der Waals surface area contributed by atoms with Gasteiger partial charge in [0.15, 0.2) is 5.82 Å². The van der Waals surface area contributed by atoms with Crippen molar-refractivity contribution >= 4 is 0 Å². The molecule has 2 fully saturated rings. The molecule has 2 saturated heterocycles. The first-order valence-electron chi connectivity index (χ1n) is 8.63. The lowest BCUT2D eigenvalue weighted by Gasteiger charge is -2.45. The van der Waals surface area contributed by atoms with Crippen LogP contribution in [-0.2, 0) is 17.8 Å². The Morgan fingerprint density at radius 2 is 2.09 bits per heavy atom. The van der Waals surface area contributed by atoms with Crippen molar-refractivity contribution < 1.29 is 4.74 Å². The lowest BCUT2D eigenvalue weighted by Crippen LogP contribution is -2.52. The van der Waals surface area contributed by atoms with Gasteiger partial charge in [-0.3, -0.25) is 4.90 Å². The van der Waals surface area contributed by atoms with Crippen LogP contribution in [0, 0.1) is 0 Å². The molecule has 3 rings (SSSR count). The van der Waals surface area contributed by atoms with Gasteiger partial charge in [-0.25, -0.2) is 4.68 Å². The molecule has 0 amide bonds. The minimum absolute atomic E-state index is 0.253. The second-order valence-electron chi connectivity index (χ2n) is 6.43. The van der Waals surface area contributed by atoms with Gasteiger partial charge < -0.3 is 10.1 Å². The van der Waals surface area contributed by atoms with Gasteiger partial charge >= 0.3 is 0 Å². The van der Waals surface area contributed by atoms with Crippen LogP contribution in [0.4, 0.5) is 0 Å². The van der Waals surface area contributed by atoms with Crippen LogP contribution in [-0.4, -0.2) is 63.5 Å². The smallest absolute Gasteiger partial charge is 0.165 e. The summed E-state index contributed by atoms with van der Waals surface area (Å²) in [6.45, 7) is 8.90. The minimum Gasteiger partial charge on any atom is -0.381 e. The van der Waals surface area contributed by atoms with Crippen molar-refractivity contribution in [3.05, 3.63) is 5.82 Å². The molecule has 22 heavy (non-hydrogen) atoms. The van der Waals surface area contributed by atoms with Crippen molar-refractivity contribution in [2.45, 2.75) is 57.7 Å². The molecule has 1 aromatic rings. The largest absolute Gasteiger partial charge is 0.381 e. The molecular formula is C15H28N6O. The van der Waals surface area contributed by atoms with Gasteiger partial charge in [-0.1, -0.05) is 13.3 Å². The van der Waals surface area contributed by atoms with Crippen molar-refractivity contribution in [1.82, 2.24) is 30.4 Å². The SMILES string of the molecule is CCCCn1nnnc1CN1CCNCCC12CCOCC2. The van der Waals surface area contributed by atoms with Crippen LogP contribution in [0.15, 0.2) is 0 Å². The molecule has 7 heteroatoms. The van der Waals surface area contributed by atoms with Gasteiger partial charge in [-0.15, -0.1) is 5.10 Å². The summed E-state index contributed by atoms with van der Waals surface area (Å²) in [6.07, 6.45) is 5.70. The molecular weight excluding hydrogens is 280 g/mol. The third-order valence-electron chi connectivity index (χ3n) is 5.08. The van der Waals surface area contributed by atoms with Gasteiger partial charge in [-0.2, -0.15) is 0 Å². The molecule has 124 valence electrons. The third-order valence-corrected chi connectivity index (χ3v) is 5.08. The van der Waals surface area contributed by atoms with E-state index >= 15 is 0 Å². The highest BCUT2D eigenvalue weighted by Gasteiger charge is 2.39. The number of unbranched alkanes of at least 4 members (excludes halogenated alkanes) is 1. The molecule has 0 unspecified atom stereocenters. The molecule has 1 N–H and O–H groups in total. The fourth-order valence-electron chi connectivity index (χ4n) is 3.61. The summed E-state index contributed by atoms with van der Waals surface area (Å²) in [5, 5.41) is 15.9. The predicted octanol–water partition coefficient (Wildman–Crippen LogP) is 0.818. The lowest BCUT2D eigenvalue weighted by molar-refractivity contribution is -0.0322. The van der Waals surface area contributed by atoms with E-state index in [-0.39, 0.29) is 5.54 Å². The number of tetrazole rings is 1. The van der Waals surface area contributed by atoms with Crippen molar-refractivity contribution in [1.29, 1.82) is 0 Å². The summed E-state index contributed by atoms with van der Waals surface area (Å²) >= 11 is 0. The number of rotatable bonds is 5. The van der Waals surface area contributed by atoms with Crippen LogP contribution >= 0.6 is 0 Å². The summed E-state index contributed by atoms with van der Waals surface area (Å²) in [4.78, 5) is 2.60. The van der Waals surface area contributed by atoms with E-state index in [9.17, 15) is 0 Å². The highest BCUT2D eigenvalue weighted by molar-refractivity contribution is 4.97. The number of hydrogen-bond acceptors (Lipinski definition) is 6. The molecule has 0 aromatic carbocycles. The molecule has 0 atom stereocenters. The topological polar surface area (TPSA) is 68.1 Å². The van der Waals surface area contributed by atoms with Gasteiger partial charge in [0.1, 0.15) is 0 Å². The van der Waals surface area contributed by atoms with Crippen molar-refractivity contribution in [2.75, 3.05) is 32.8 Å². The number of aryl methyl sites for hydroxylation is 1. The van der Waals surface area contributed by atoms with Crippen LogP contribution in [0.2, 0.25) is 0 Å². The summed E-state index contributed by atoms with van der Waals surface area (Å²) in [6, 6.07) is 0. The Bertz CT molecular complexity index is 457. The van der Waals surface area contributed by atoms with E-state index in [1.165, 1.54) is 6.42 Å². The summed E-state index contributed by atoms with van der Waals surface area (Å²) in [7, 11) is 0. The van der Waals surface area contributed by atoms with Crippen LogP contribution < -0.4 is 5.32 Å². The first-order chi connectivity index (χ1) is 10.8. The Kier molecular flexibility index (Phi) is 5.38. The molecule has 2 aliphatic rings. The molecule has 1 spiro atoms. The van der Waals surface area contributed by atoms with Crippen LogP contribution in [0.3, 0.4) is 0 Å². The Labute approximate surface area is 132 Å². The standard InChI is InChI=1S/C15H28N6O/c1-2-3-9-21-14(17-18-19-21)13-20-10-8-16-7-4-15(20)5-11-22-12-6-15/h16H,2-13H2,1H3. The van der Waals surface area contributed by atoms with Crippen LogP contribution in [0.1, 0.15) is 44.9 Å². The normalized spacial score (nSPS) is 22.8. The summed E-state index contributed by atoms with van der Waals surface area (Å²) < 4.78 is 7.59. The van der Waals surface area contributed by atoms with E-state index in [0.29, 0.717) is 0 Å². The zero-order valence-electron chi connectivity index (χ0n) is 13.6. The highest BCUT2D eigenvalue weighted by Crippen LogP contribution is 2.33. The number of nitrogens with one attached hydrogen (secondary N) is 1. The fraction of sp³-hybridized carbons (Fsp3) is 0.933. The van der Waals surface area contributed by atoms with Gasteiger partial charge in [0, 0.05) is 38.4 Å². The molecule has 0 aliphatic carbocycles. The van der Waals surface area contributed by atoms with Gasteiger partial charge in [0.05, 0.1) is 6.54 Å². The van der Waals surface area contributed by atoms with E-state index in [1.807, 2.05) is 4.68 Å². The predicted molar refractivity (Wildman–Crippen MR) is 83.4 cm³/mol. The van der Waals surface area contributed by atoms with Crippen molar-refractivity contribution in [2.24, 2.45) is 0 Å². The second kappa shape index (κ2) is 7.48. The monoisotopic (exact) mass is 308 g/mol. The molecule has 0 bridgehead atoms. The maximum atomic E-state index is 5.61. The van der Waals surface area contributed by atoms with Crippen LogP contribution in [0.5, 0.6) is 0 Å². The molecule has 0 saturated carbocycles. The van der Waals surface area contributed by atoms with E-state index in [1.54, 1.807) is 0 Å². The van der Waals surface area contributed by atoms with Gasteiger partial charge in [-0.05, 0) is 42.7 Å². The zero-order chi connectivity index (χ0) is 15.3. The number of hydrogen-bond donors (Lipinski definition) is 1. The fourth-order valence-corrected chi connectivity index (χ4v) is 3.61. The number of nitrogens with zero attached hydrogens (tertiary/aromatic N) is 5. The average Bonchev–Trinajstić information content (AvgIpc) is 2.91. The maximum Gasteiger partial charge on any atom is 0.165 e. The molecule has 0 radical (unpaired) electrons. The van der Waals surface area contributed by atoms with Gasteiger partial charge in [0.2, 0.25) is 0 Å². The first kappa shape index (κ1) is 15.8. The van der Waals surface area contributed by atoms with Crippen LogP contribution in [0.25, 0.3) is 0 Å². The van der Waals surface area contributed by atoms with E-state index in [0.717, 1.165) is 77.4 Å². The Morgan fingerprint density at radius 1 is 1.23 bits per heavy atom. The zero-order valence-corrected chi connectivity index (χ0v) is 13.6. The first-order valence-corrected chi connectivity index (χ1v) is 8.63. The third kappa shape index (κ3) is 3.47. The van der Waals surface area contributed by atoms with Crippen molar-refractivity contribution in [3.8, 4) is 0 Å². The van der Waals surface area contributed by atoms with Crippen molar-refractivity contribution in [3.63, 3.8) is 0 Å². The number of aromatic nitrogens is 4. The summed E-state index contributed by atoms with van der Waals surface area (Å²) in [5.41, 5.74) is 0.253. The molecule has 3 heterocycles. The van der Waals surface area contributed by atoms with E-state index in [4.69, 9.17) is 4.74 Å². The highest BCUT2D eigenvalue weighted by atomic mass is 16.5. The Balaban J connectivity index is 1.74.